The van der Waals surface area contributed by atoms with E-state index < -0.39 is 0 Å². The minimum atomic E-state index is 0.689. The van der Waals surface area contributed by atoms with Crippen LogP contribution in [0.1, 0.15) is 0 Å². The summed E-state index contributed by atoms with van der Waals surface area (Å²) in [5.41, 5.74) is 11.0. The molecule has 4 nitrogen and oxygen atoms in total. The van der Waals surface area contributed by atoms with E-state index in [2.05, 4.69) is 179 Å². The largest absolute Gasteiger partial charge is 0.309 e. The summed E-state index contributed by atoms with van der Waals surface area (Å²) in [5.74, 6) is 1.52. The Balaban J connectivity index is 1.19. The van der Waals surface area contributed by atoms with Crippen LogP contribution in [-0.4, -0.2) is 19.1 Å². The third-order valence-corrected chi connectivity index (χ3v) is 9.76. The van der Waals surface area contributed by atoms with Gasteiger partial charge >= 0.3 is 0 Å². The van der Waals surface area contributed by atoms with E-state index >= 15 is 0 Å². The normalized spacial score (nSPS) is 11.6. The number of para-hydroxylation sites is 3. The number of aromatic nitrogens is 4. The molecule has 0 saturated carbocycles. The van der Waals surface area contributed by atoms with Crippen molar-refractivity contribution < 1.29 is 0 Å². The van der Waals surface area contributed by atoms with E-state index in [4.69, 9.17) is 9.97 Å². The highest BCUT2D eigenvalue weighted by Gasteiger charge is 2.18. The molecular weight excluding hydrogens is 609 g/mol. The average molecular weight is 639 g/mol. The zero-order chi connectivity index (χ0) is 33.0. The molecule has 0 unspecified atom stereocenters. The number of nitrogens with zero attached hydrogens (tertiary/aromatic N) is 4. The molecule has 234 valence electrons. The predicted octanol–water partition coefficient (Wildman–Crippen LogP) is 11.7. The molecule has 10 aromatic rings. The summed E-state index contributed by atoms with van der Waals surface area (Å²) >= 11 is 0. The van der Waals surface area contributed by atoms with Crippen molar-refractivity contribution in [2.24, 2.45) is 0 Å². The molecule has 0 amide bonds. The second-order valence-electron chi connectivity index (χ2n) is 12.7. The fraction of sp³-hybridized carbons (Fsp3) is 0. The maximum absolute atomic E-state index is 5.28. The standard InChI is InChI=1S/C46H30N4/c1-3-13-31(14-4-1)32-23-25-34(26-24-32)46-47-40(33-15-5-2-6-16-33)30-45(48-46)50-43-22-12-9-19-38(43)39-29-35(27-28-44(39)50)49-41-20-10-7-17-36(41)37-18-8-11-21-42(37)49/h1-30H. The molecule has 4 heteroatoms. The molecule has 3 heterocycles. The van der Waals surface area contributed by atoms with Gasteiger partial charge < -0.3 is 4.57 Å². The second kappa shape index (κ2) is 11.4. The van der Waals surface area contributed by atoms with Crippen molar-refractivity contribution in [1.29, 1.82) is 0 Å². The highest BCUT2D eigenvalue weighted by Crippen LogP contribution is 2.37. The van der Waals surface area contributed by atoms with Gasteiger partial charge in [0.25, 0.3) is 0 Å². The number of hydrogen-bond acceptors (Lipinski definition) is 2. The van der Waals surface area contributed by atoms with Crippen molar-refractivity contribution in [1.82, 2.24) is 19.1 Å². The molecule has 10 rings (SSSR count). The molecule has 0 bridgehead atoms. The van der Waals surface area contributed by atoms with Gasteiger partial charge in [-0.05, 0) is 47.5 Å². The Kier molecular flexibility index (Phi) is 6.46. The average Bonchev–Trinajstić information content (AvgIpc) is 3.71. The van der Waals surface area contributed by atoms with Crippen molar-refractivity contribution >= 4 is 43.6 Å². The van der Waals surface area contributed by atoms with E-state index in [1.807, 2.05) is 12.1 Å². The van der Waals surface area contributed by atoms with E-state index in [0.29, 0.717) is 5.82 Å². The summed E-state index contributed by atoms with van der Waals surface area (Å²) in [5, 5.41) is 4.86. The Bertz CT molecular complexity index is 2790. The van der Waals surface area contributed by atoms with Crippen LogP contribution in [0.3, 0.4) is 0 Å². The number of rotatable bonds is 5. The molecule has 0 saturated heterocycles. The molecule has 0 radical (unpaired) electrons. The zero-order valence-electron chi connectivity index (χ0n) is 27.1. The Labute approximate surface area is 289 Å². The highest BCUT2D eigenvalue weighted by molar-refractivity contribution is 6.12. The summed E-state index contributed by atoms with van der Waals surface area (Å²) in [6.45, 7) is 0. The maximum atomic E-state index is 5.28. The van der Waals surface area contributed by atoms with Crippen LogP contribution >= 0.6 is 0 Å². The first-order chi connectivity index (χ1) is 24.8. The minimum absolute atomic E-state index is 0.689. The molecule has 0 N–H and O–H groups in total. The van der Waals surface area contributed by atoms with Crippen LogP contribution in [0.4, 0.5) is 0 Å². The van der Waals surface area contributed by atoms with E-state index in [0.717, 1.165) is 44.9 Å². The third kappa shape index (κ3) is 4.54. The lowest BCUT2D eigenvalue weighted by molar-refractivity contribution is 1.05. The second-order valence-corrected chi connectivity index (χ2v) is 12.7. The molecular formula is C46H30N4. The van der Waals surface area contributed by atoms with Gasteiger partial charge in [-0.3, -0.25) is 4.57 Å². The zero-order valence-corrected chi connectivity index (χ0v) is 27.1. The SMILES string of the molecule is c1ccc(-c2ccc(-c3nc(-c4ccccc4)cc(-n4c5ccccc5c5cc(-n6c7ccccc7c7ccccc76)ccc54)n3)cc2)cc1. The first-order valence-corrected chi connectivity index (χ1v) is 16.9. The first-order valence-electron chi connectivity index (χ1n) is 16.9. The predicted molar refractivity (Wildman–Crippen MR) is 207 cm³/mol. The molecule has 0 spiro atoms. The van der Waals surface area contributed by atoms with Crippen molar-refractivity contribution in [2.75, 3.05) is 0 Å². The Hall–Kier alpha value is -6.78. The van der Waals surface area contributed by atoms with E-state index in [1.165, 1.54) is 38.1 Å². The lowest BCUT2D eigenvalue weighted by Crippen LogP contribution is -2.02. The van der Waals surface area contributed by atoms with Crippen LogP contribution in [0, 0.1) is 0 Å². The van der Waals surface area contributed by atoms with Crippen LogP contribution in [-0.2, 0) is 0 Å². The monoisotopic (exact) mass is 638 g/mol. The van der Waals surface area contributed by atoms with Crippen molar-refractivity contribution in [3.05, 3.63) is 182 Å². The Morgan fingerprint density at radius 3 is 1.44 bits per heavy atom. The van der Waals surface area contributed by atoms with Crippen molar-refractivity contribution in [2.45, 2.75) is 0 Å². The summed E-state index contributed by atoms with van der Waals surface area (Å²) in [6.07, 6.45) is 0. The molecule has 3 aromatic heterocycles. The number of fused-ring (bicyclic) bond motifs is 6. The number of benzene rings is 7. The molecule has 0 aliphatic carbocycles. The molecule has 0 aliphatic rings. The molecule has 0 atom stereocenters. The first kappa shape index (κ1) is 28.3. The maximum Gasteiger partial charge on any atom is 0.162 e. The number of hydrogen-bond donors (Lipinski definition) is 0. The quantitative estimate of drug-likeness (QED) is 0.188. The van der Waals surface area contributed by atoms with Gasteiger partial charge in [0.15, 0.2) is 5.82 Å². The van der Waals surface area contributed by atoms with Crippen LogP contribution in [0.15, 0.2) is 182 Å². The van der Waals surface area contributed by atoms with Gasteiger partial charge in [-0.2, -0.15) is 0 Å². The van der Waals surface area contributed by atoms with E-state index in [-0.39, 0.29) is 0 Å². The smallest absolute Gasteiger partial charge is 0.162 e. The highest BCUT2D eigenvalue weighted by atomic mass is 15.1. The Morgan fingerprint density at radius 1 is 0.320 bits per heavy atom. The Morgan fingerprint density at radius 2 is 0.800 bits per heavy atom. The molecule has 7 aromatic carbocycles. The van der Waals surface area contributed by atoms with Gasteiger partial charge in [0.1, 0.15) is 5.82 Å². The van der Waals surface area contributed by atoms with E-state index in [1.54, 1.807) is 0 Å². The fourth-order valence-corrected chi connectivity index (χ4v) is 7.42. The van der Waals surface area contributed by atoms with Crippen LogP contribution in [0.25, 0.3) is 88.9 Å². The molecule has 0 fully saturated rings. The van der Waals surface area contributed by atoms with Gasteiger partial charge in [0.2, 0.25) is 0 Å². The van der Waals surface area contributed by atoms with Gasteiger partial charge in [-0.15, -0.1) is 0 Å². The van der Waals surface area contributed by atoms with Gasteiger partial charge in [0.05, 0.1) is 27.8 Å². The lowest BCUT2D eigenvalue weighted by atomic mass is 10.0. The van der Waals surface area contributed by atoms with Crippen LogP contribution in [0.2, 0.25) is 0 Å². The summed E-state index contributed by atoms with van der Waals surface area (Å²) in [7, 11) is 0. The van der Waals surface area contributed by atoms with Crippen LogP contribution < -0.4 is 0 Å². The van der Waals surface area contributed by atoms with Gasteiger partial charge in [0, 0.05) is 44.4 Å². The van der Waals surface area contributed by atoms with E-state index in [9.17, 15) is 0 Å². The molecule has 50 heavy (non-hydrogen) atoms. The topological polar surface area (TPSA) is 35.6 Å². The van der Waals surface area contributed by atoms with Gasteiger partial charge in [-0.25, -0.2) is 9.97 Å². The van der Waals surface area contributed by atoms with Crippen LogP contribution in [0.5, 0.6) is 0 Å². The lowest BCUT2D eigenvalue weighted by Gasteiger charge is -2.13. The van der Waals surface area contributed by atoms with Crippen molar-refractivity contribution in [3.63, 3.8) is 0 Å². The van der Waals surface area contributed by atoms with Gasteiger partial charge in [-0.1, -0.05) is 140 Å². The minimum Gasteiger partial charge on any atom is -0.309 e. The third-order valence-electron chi connectivity index (χ3n) is 9.76. The summed E-state index contributed by atoms with van der Waals surface area (Å²) in [6, 6.07) is 64.2. The fourth-order valence-electron chi connectivity index (χ4n) is 7.42. The van der Waals surface area contributed by atoms with Crippen molar-refractivity contribution in [3.8, 4) is 45.3 Å². The summed E-state index contributed by atoms with van der Waals surface area (Å²) in [4.78, 5) is 10.4. The molecule has 0 aliphatic heterocycles. The summed E-state index contributed by atoms with van der Waals surface area (Å²) < 4.78 is 4.67.